The lowest BCUT2D eigenvalue weighted by molar-refractivity contribution is -0.00612. The molecule has 0 aromatic heterocycles. The lowest BCUT2D eigenvalue weighted by Crippen LogP contribution is -2.49. The van der Waals surface area contributed by atoms with Gasteiger partial charge in [0.2, 0.25) is 0 Å². The third kappa shape index (κ3) is 2.77. The van der Waals surface area contributed by atoms with Gasteiger partial charge < -0.3 is 19.5 Å². The van der Waals surface area contributed by atoms with E-state index in [0.29, 0.717) is 0 Å². The van der Waals surface area contributed by atoms with Crippen LogP contribution in [0.4, 0.5) is 0 Å². The molecular weight excluding hydrogens is 303 g/mol. The quantitative estimate of drug-likeness (QED) is 0.782. The van der Waals surface area contributed by atoms with Crippen molar-refractivity contribution in [3.63, 3.8) is 0 Å². The summed E-state index contributed by atoms with van der Waals surface area (Å²) < 4.78 is 11.0. The number of aliphatic hydroxyl groups excluding tert-OH is 1. The molecule has 2 N–H and O–H groups in total. The van der Waals surface area contributed by atoms with E-state index in [2.05, 4.69) is 6.07 Å². The molecule has 1 aromatic rings. The van der Waals surface area contributed by atoms with Crippen LogP contribution in [0.5, 0.6) is 5.75 Å². The van der Waals surface area contributed by atoms with Crippen molar-refractivity contribution in [1.29, 1.82) is 0 Å². The first-order chi connectivity index (χ1) is 11.6. The van der Waals surface area contributed by atoms with Gasteiger partial charge in [0.25, 0.3) is 0 Å². The summed E-state index contributed by atoms with van der Waals surface area (Å²) in [4.78, 5) is 0. The fourth-order valence-corrected chi connectivity index (χ4v) is 5.99. The number of ether oxygens (including phenoxy) is 1. The zero-order valence-corrected chi connectivity index (χ0v) is 14.4. The highest BCUT2D eigenvalue weighted by Crippen LogP contribution is 2.61. The second kappa shape index (κ2) is 6.36. The highest BCUT2D eigenvalue weighted by atomic mass is 16.5. The van der Waals surface area contributed by atoms with Crippen LogP contribution in [0.25, 0.3) is 0 Å². The number of hydrogen-bond acceptors (Lipinski definition) is 4. The normalized spacial score (nSPS) is 33.7. The second-order valence-corrected chi connectivity index (χ2v) is 8.10. The Morgan fingerprint density at radius 2 is 1.75 bits per heavy atom. The van der Waals surface area contributed by atoms with Crippen molar-refractivity contribution in [3.05, 3.63) is 23.8 Å². The third-order valence-corrected chi connectivity index (χ3v) is 6.49. The van der Waals surface area contributed by atoms with Crippen LogP contribution < -0.4 is 10.2 Å². The molecule has 1 aromatic carbocycles. The molecule has 5 rings (SSSR count). The Hall–Kier alpha value is -1.04. The minimum atomic E-state index is -0.990. The Labute approximate surface area is 144 Å². The summed E-state index contributed by atoms with van der Waals surface area (Å²) >= 11 is 0. The first-order valence-corrected chi connectivity index (χ1v) is 9.22. The van der Waals surface area contributed by atoms with Crippen molar-refractivity contribution in [3.8, 4) is 5.75 Å². The first kappa shape index (κ1) is 16.4. The summed E-state index contributed by atoms with van der Waals surface area (Å²) in [6, 6.07) is 5.92. The van der Waals surface area contributed by atoms with E-state index in [9.17, 15) is 5.02 Å². The smallest absolute Gasteiger partial charge is 0.491 e. The molecule has 130 valence electrons. The summed E-state index contributed by atoms with van der Waals surface area (Å²) in [6.07, 6.45) is 7.99. The molecule has 24 heavy (non-hydrogen) atoms. The summed E-state index contributed by atoms with van der Waals surface area (Å²) in [6.45, 7) is 0.0505. The second-order valence-electron chi connectivity index (χ2n) is 8.10. The zero-order chi connectivity index (χ0) is 16.7. The standard InChI is InChI=1S/C19H27BO4/c1-23-18-3-2-16(20(22)24-5-4-21)9-17(18)19-10-13-6-14(11-19)8-15(7-13)12-19/h2-3,9,13-15,21-22H,4-8,10-12H2,1H3. The molecule has 0 heterocycles. The maximum atomic E-state index is 10.2. The van der Waals surface area contributed by atoms with Crippen molar-refractivity contribution in [2.24, 2.45) is 17.8 Å². The van der Waals surface area contributed by atoms with E-state index < -0.39 is 7.12 Å². The Bertz CT molecular complexity index is 568. The summed E-state index contributed by atoms with van der Waals surface area (Å²) in [5, 5.41) is 19.1. The fourth-order valence-electron chi connectivity index (χ4n) is 5.99. The Kier molecular flexibility index (Phi) is 4.35. The van der Waals surface area contributed by atoms with E-state index in [1.165, 1.54) is 44.1 Å². The molecule has 0 radical (unpaired) electrons. The molecule has 4 aliphatic rings. The molecule has 0 atom stereocenters. The highest BCUT2D eigenvalue weighted by molar-refractivity contribution is 6.60. The van der Waals surface area contributed by atoms with Gasteiger partial charge in [0, 0.05) is 0 Å². The molecule has 4 bridgehead atoms. The van der Waals surface area contributed by atoms with Crippen molar-refractivity contribution in [2.45, 2.75) is 43.9 Å². The number of hydrogen-bond donors (Lipinski definition) is 2. The Balaban J connectivity index is 1.68. The van der Waals surface area contributed by atoms with Crippen LogP contribution in [0.2, 0.25) is 0 Å². The minimum Gasteiger partial charge on any atom is -0.496 e. The fraction of sp³-hybridized carbons (Fsp3) is 0.684. The molecule has 0 amide bonds. The van der Waals surface area contributed by atoms with Crippen LogP contribution in [-0.2, 0) is 10.1 Å². The van der Waals surface area contributed by atoms with Crippen molar-refractivity contribution >= 4 is 12.6 Å². The first-order valence-electron chi connectivity index (χ1n) is 9.22. The van der Waals surface area contributed by atoms with E-state index >= 15 is 0 Å². The van der Waals surface area contributed by atoms with Crippen LogP contribution >= 0.6 is 0 Å². The van der Waals surface area contributed by atoms with Gasteiger partial charge >= 0.3 is 7.12 Å². The van der Waals surface area contributed by atoms with E-state index in [0.717, 1.165) is 29.0 Å². The molecule has 4 nitrogen and oxygen atoms in total. The van der Waals surface area contributed by atoms with Gasteiger partial charge in [-0.1, -0.05) is 12.1 Å². The van der Waals surface area contributed by atoms with Crippen molar-refractivity contribution in [2.75, 3.05) is 20.3 Å². The van der Waals surface area contributed by atoms with Crippen LogP contribution in [0.15, 0.2) is 18.2 Å². The number of benzene rings is 1. The molecular formula is C19H27BO4. The lowest BCUT2D eigenvalue weighted by atomic mass is 9.47. The molecule has 5 heteroatoms. The van der Waals surface area contributed by atoms with Crippen LogP contribution in [0.1, 0.15) is 44.1 Å². The third-order valence-electron chi connectivity index (χ3n) is 6.49. The maximum Gasteiger partial charge on any atom is 0.491 e. The molecule has 0 spiro atoms. The highest BCUT2D eigenvalue weighted by Gasteiger charge is 2.52. The minimum absolute atomic E-state index is 0.0882. The van der Waals surface area contributed by atoms with Gasteiger partial charge in [-0.15, -0.1) is 0 Å². The van der Waals surface area contributed by atoms with Gasteiger partial charge in [-0.05, 0) is 78.8 Å². The van der Waals surface area contributed by atoms with Gasteiger partial charge in [-0.25, -0.2) is 0 Å². The molecule has 4 saturated carbocycles. The van der Waals surface area contributed by atoms with Crippen molar-refractivity contribution in [1.82, 2.24) is 0 Å². The molecule has 4 aliphatic carbocycles. The zero-order valence-electron chi connectivity index (χ0n) is 14.4. The summed E-state index contributed by atoms with van der Waals surface area (Å²) in [5.74, 6) is 3.52. The van der Waals surface area contributed by atoms with Crippen LogP contribution in [0, 0.1) is 17.8 Å². The lowest BCUT2D eigenvalue weighted by Gasteiger charge is -2.57. The Morgan fingerprint density at radius 3 is 2.29 bits per heavy atom. The van der Waals surface area contributed by atoms with Crippen LogP contribution in [0.3, 0.4) is 0 Å². The van der Waals surface area contributed by atoms with E-state index in [-0.39, 0.29) is 18.6 Å². The molecule has 0 saturated heterocycles. The SMILES string of the molecule is COc1ccc(B(O)OCCO)cc1C12CC3CC(CC(C3)C1)C2. The topological polar surface area (TPSA) is 58.9 Å². The number of methoxy groups -OCH3 is 1. The van der Waals surface area contributed by atoms with E-state index in [4.69, 9.17) is 14.5 Å². The van der Waals surface area contributed by atoms with Crippen molar-refractivity contribution < 1.29 is 19.5 Å². The maximum absolute atomic E-state index is 10.2. The predicted molar refractivity (Wildman–Crippen MR) is 93.5 cm³/mol. The Morgan fingerprint density at radius 1 is 1.12 bits per heavy atom. The molecule has 0 aliphatic heterocycles. The summed E-state index contributed by atoms with van der Waals surface area (Å²) in [5.41, 5.74) is 2.23. The average molecular weight is 330 g/mol. The largest absolute Gasteiger partial charge is 0.496 e. The monoisotopic (exact) mass is 330 g/mol. The van der Waals surface area contributed by atoms with E-state index in [1.54, 1.807) is 7.11 Å². The van der Waals surface area contributed by atoms with Gasteiger partial charge in [0.1, 0.15) is 5.75 Å². The molecule has 0 unspecified atom stereocenters. The number of rotatable bonds is 6. The molecule has 4 fully saturated rings. The van der Waals surface area contributed by atoms with E-state index in [1.807, 2.05) is 12.1 Å². The summed E-state index contributed by atoms with van der Waals surface area (Å²) in [7, 11) is 0.744. The number of aliphatic hydroxyl groups is 1. The van der Waals surface area contributed by atoms with Gasteiger partial charge in [0.15, 0.2) is 0 Å². The van der Waals surface area contributed by atoms with Crippen LogP contribution in [-0.4, -0.2) is 37.6 Å². The van der Waals surface area contributed by atoms with Gasteiger partial charge in [0.05, 0.1) is 20.3 Å². The van der Waals surface area contributed by atoms with Gasteiger partial charge in [-0.3, -0.25) is 0 Å². The van der Waals surface area contributed by atoms with Gasteiger partial charge in [-0.2, -0.15) is 0 Å². The average Bonchev–Trinajstić information content (AvgIpc) is 2.58. The predicted octanol–water partition coefficient (Wildman–Crippen LogP) is 1.86.